The number of rotatable bonds is 4. The summed E-state index contributed by atoms with van der Waals surface area (Å²) in [6.45, 7) is 5.12. The summed E-state index contributed by atoms with van der Waals surface area (Å²) in [5.41, 5.74) is 0.941. The first-order valence-electron chi connectivity index (χ1n) is 7.67. The van der Waals surface area contributed by atoms with Gasteiger partial charge in [-0.3, -0.25) is 4.79 Å². The number of hydrogen-bond donors (Lipinski definition) is 1. The standard InChI is InChI=1S/C17H23NO4/c1-12(2)15-10-18(9-8-14(15)16(19)20)17(21)22-11-13-6-4-3-5-7-13/h3-7,12,14-15H,8-11H2,1-2H3,(H,19,20). The van der Waals surface area contributed by atoms with E-state index in [1.165, 1.54) is 0 Å². The van der Waals surface area contributed by atoms with Crippen LogP contribution in [-0.4, -0.2) is 35.2 Å². The summed E-state index contributed by atoms with van der Waals surface area (Å²) in [4.78, 5) is 25.1. The van der Waals surface area contributed by atoms with Crippen LogP contribution >= 0.6 is 0 Å². The molecule has 1 aliphatic heterocycles. The summed E-state index contributed by atoms with van der Waals surface area (Å²) < 4.78 is 5.33. The van der Waals surface area contributed by atoms with Crippen LogP contribution in [0, 0.1) is 17.8 Å². The van der Waals surface area contributed by atoms with Crippen LogP contribution < -0.4 is 0 Å². The summed E-state index contributed by atoms with van der Waals surface area (Å²) in [5, 5.41) is 9.30. The molecule has 1 heterocycles. The van der Waals surface area contributed by atoms with Crippen LogP contribution in [0.25, 0.3) is 0 Å². The number of nitrogens with zero attached hydrogens (tertiary/aromatic N) is 1. The molecule has 1 fully saturated rings. The fourth-order valence-corrected chi connectivity index (χ4v) is 2.94. The quantitative estimate of drug-likeness (QED) is 0.928. The van der Waals surface area contributed by atoms with Gasteiger partial charge in [-0.25, -0.2) is 4.79 Å². The van der Waals surface area contributed by atoms with Gasteiger partial charge in [0.1, 0.15) is 6.61 Å². The summed E-state index contributed by atoms with van der Waals surface area (Å²) in [6.07, 6.45) is 0.122. The smallest absolute Gasteiger partial charge is 0.410 e. The maximum Gasteiger partial charge on any atom is 0.410 e. The Labute approximate surface area is 130 Å². The Balaban J connectivity index is 1.92. The summed E-state index contributed by atoms with van der Waals surface area (Å²) >= 11 is 0. The van der Waals surface area contributed by atoms with E-state index in [0.717, 1.165) is 5.56 Å². The number of ether oxygens (including phenoxy) is 1. The molecule has 22 heavy (non-hydrogen) atoms. The molecule has 1 aromatic rings. The maximum absolute atomic E-state index is 12.2. The van der Waals surface area contributed by atoms with Gasteiger partial charge in [0.2, 0.25) is 0 Å². The molecular weight excluding hydrogens is 282 g/mol. The number of carboxylic acid groups (broad SMARTS) is 1. The van der Waals surface area contributed by atoms with Crippen LogP contribution in [0.4, 0.5) is 4.79 Å². The molecular formula is C17H23NO4. The first-order valence-corrected chi connectivity index (χ1v) is 7.67. The van der Waals surface area contributed by atoms with Gasteiger partial charge in [-0.1, -0.05) is 44.2 Å². The predicted molar refractivity (Wildman–Crippen MR) is 82.3 cm³/mol. The number of hydrogen-bond acceptors (Lipinski definition) is 3. The first-order chi connectivity index (χ1) is 10.5. The molecule has 1 amide bonds. The number of likely N-dealkylation sites (tertiary alicyclic amines) is 1. The van der Waals surface area contributed by atoms with Gasteiger partial charge in [0.15, 0.2) is 0 Å². The Morgan fingerprint density at radius 2 is 2.00 bits per heavy atom. The molecule has 1 saturated heterocycles. The minimum absolute atomic E-state index is 0.0319. The number of amides is 1. The lowest BCUT2D eigenvalue weighted by Crippen LogP contribution is -2.47. The fourth-order valence-electron chi connectivity index (χ4n) is 2.94. The van der Waals surface area contributed by atoms with Crippen molar-refractivity contribution in [3.63, 3.8) is 0 Å². The van der Waals surface area contributed by atoms with Crippen molar-refractivity contribution < 1.29 is 19.4 Å². The Bertz CT molecular complexity index is 515. The molecule has 1 aromatic carbocycles. The van der Waals surface area contributed by atoms with Crippen LogP contribution in [0.2, 0.25) is 0 Å². The third-order valence-electron chi connectivity index (χ3n) is 4.29. The average Bonchev–Trinajstić information content (AvgIpc) is 2.52. The second kappa shape index (κ2) is 7.29. The highest BCUT2D eigenvalue weighted by Crippen LogP contribution is 2.30. The van der Waals surface area contributed by atoms with Crippen molar-refractivity contribution in [2.75, 3.05) is 13.1 Å². The third-order valence-corrected chi connectivity index (χ3v) is 4.29. The van der Waals surface area contributed by atoms with E-state index in [2.05, 4.69) is 0 Å². The Kier molecular flexibility index (Phi) is 5.41. The number of carbonyl (C=O) groups is 2. The van der Waals surface area contributed by atoms with Gasteiger partial charge < -0.3 is 14.7 Å². The third kappa shape index (κ3) is 4.00. The van der Waals surface area contributed by atoms with E-state index in [1.54, 1.807) is 4.90 Å². The molecule has 1 N–H and O–H groups in total. The Morgan fingerprint density at radius 1 is 1.32 bits per heavy atom. The summed E-state index contributed by atoms with van der Waals surface area (Å²) in [6, 6.07) is 9.52. The zero-order valence-corrected chi connectivity index (χ0v) is 13.1. The minimum atomic E-state index is -0.768. The van der Waals surface area contributed by atoms with Gasteiger partial charge in [-0.15, -0.1) is 0 Å². The van der Waals surface area contributed by atoms with E-state index in [0.29, 0.717) is 19.5 Å². The van der Waals surface area contributed by atoms with Crippen LogP contribution in [-0.2, 0) is 16.1 Å². The predicted octanol–water partition coefficient (Wildman–Crippen LogP) is 3.00. The molecule has 2 atom stereocenters. The Morgan fingerprint density at radius 3 is 2.59 bits per heavy atom. The van der Waals surface area contributed by atoms with Gasteiger partial charge in [0.05, 0.1) is 5.92 Å². The zero-order valence-electron chi connectivity index (χ0n) is 13.1. The van der Waals surface area contributed by atoms with Crippen molar-refractivity contribution in [1.82, 2.24) is 4.90 Å². The second-order valence-corrected chi connectivity index (χ2v) is 6.13. The summed E-state index contributed by atoms with van der Waals surface area (Å²) in [7, 11) is 0. The lowest BCUT2D eigenvalue weighted by molar-refractivity contribution is -0.146. The van der Waals surface area contributed by atoms with Gasteiger partial charge in [-0.05, 0) is 23.8 Å². The minimum Gasteiger partial charge on any atom is -0.481 e. The normalized spacial score (nSPS) is 21.7. The van der Waals surface area contributed by atoms with Crippen LogP contribution in [0.3, 0.4) is 0 Å². The second-order valence-electron chi connectivity index (χ2n) is 6.13. The molecule has 5 nitrogen and oxygen atoms in total. The van der Waals surface area contributed by atoms with E-state index < -0.39 is 5.97 Å². The molecule has 120 valence electrons. The van der Waals surface area contributed by atoms with Crippen molar-refractivity contribution in [2.24, 2.45) is 17.8 Å². The van der Waals surface area contributed by atoms with E-state index in [4.69, 9.17) is 4.74 Å². The number of benzene rings is 1. The highest BCUT2D eigenvalue weighted by atomic mass is 16.6. The van der Waals surface area contributed by atoms with Gasteiger partial charge in [0.25, 0.3) is 0 Å². The molecule has 2 unspecified atom stereocenters. The number of carboxylic acids is 1. The largest absolute Gasteiger partial charge is 0.481 e. The molecule has 0 radical (unpaired) electrons. The summed E-state index contributed by atoms with van der Waals surface area (Å²) in [5.74, 6) is -0.962. The molecule has 0 bridgehead atoms. The van der Waals surface area contributed by atoms with Crippen molar-refractivity contribution in [2.45, 2.75) is 26.9 Å². The van der Waals surface area contributed by atoms with E-state index in [-0.39, 0.29) is 30.5 Å². The molecule has 5 heteroatoms. The molecule has 0 aromatic heterocycles. The zero-order chi connectivity index (χ0) is 16.1. The van der Waals surface area contributed by atoms with Gasteiger partial charge in [0, 0.05) is 13.1 Å². The van der Waals surface area contributed by atoms with Crippen molar-refractivity contribution in [1.29, 1.82) is 0 Å². The van der Waals surface area contributed by atoms with Crippen molar-refractivity contribution in [3.05, 3.63) is 35.9 Å². The topological polar surface area (TPSA) is 66.8 Å². The number of carbonyl (C=O) groups excluding carboxylic acids is 1. The SMILES string of the molecule is CC(C)C1CN(C(=O)OCc2ccccc2)CCC1C(=O)O. The lowest BCUT2D eigenvalue weighted by Gasteiger charge is -2.38. The molecule has 0 spiro atoms. The fraction of sp³-hybridized carbons (Fsp3) is 0.529. The maximum atomic E-state index is 12.2. The molecule has 0 saturated carbocycles. The van der Waals surface area contributed by atoms with E-state index in [1.807, 2.05) is 44.2 Å². The number of aliphatic carboxylic acids is 1. The van der Waals surface area contributed by atoms with E-state index in [9.17, 15) is 14.7 Å². The number of piperidine rings is 1. The van der Waals surface area contributed by atoms with Crippen LogP contribution in [0.15, 0.2) is 30.3 Å². The van der Waals surface area contributed by atoms with Crippen LogP contribution in [0.5, 0.6) is 0 Å². The van der Waals surface area contributed by atoms with Crippen molar-refractivity contribution in [3.8, 4) is 0 Å². The van der Waals surface area contributed by atoms with Gasteiger partial charge >= 0.3 is 12.1 Å². The molecule has 1 aliphatic rings. The first kappa shape index (κ1) is 16.3. The van der Waals surface area contributed by atoms with E-state index >= 15 is 0 Å². The van der Waals surface area contributed by atoms with Crippen LogP contribution in [0.1, 0.15) is 25.8 Å². The molecule has 0 aliphatic carbocycles. The van der Waals surface area contributed by atoms with Crippen molar-refractivity contribution >= 4 is 12.1 Å². The highest BCUT2D eigenvalue weighted by Gasteiger charge is 2.37. The van der Waals surface area contributed by atoms with Gasteiger partial charge in [-0.2, -0.15) is 0 Å². The highest BCUT2D eigenvalue weighted by molar-refractivity contribution is 5.72. The lowest BCUT2D eigenvalue weighted by atomic mass is 9.78. The monoisotopic (exact) mass is 305 g/mol. The average molecular weight is 305 g/mol. The molecule has 2 rings (SSSR count). The Hall–Kier alpha value is -2.04.